The molecular weight excluding hydrogens is 344 g/mol. The average Bonchev–Trinajstić information content (AvgIpc) is 3.47. The van der Waals surface area contributed by atoms with E-state index in [1.807, 2.05) is 30.3 Å². The number of nitrogens with zero attached hydrogens (tertiary/aromatic N) is 2. The van der Waals surface area contributed by atoms with Crippen LogP contribution in [0.5, 0.6) is 11.5 Å². The number of furan rings is 1. The second-order valence-corrected chi connectivity index (χ2v) is 6.77. The molecule has 4 rings (SSSR count). The Hall–Kier alpha value is -2.67. The van der Waals surface area contributed by atoms with E-state index in [0.717, 1.165) is 48.4 Å². The van der Waals surface area contributed by atoms with Crippen LogP contribution in [0.15, 0.2) is 46.0 Å². The fraction of sp³-hybridized carbons (Fsp3) is 0.450. The first-order valence-electron chi connectivity index (χ1n) is 9.44. The van der Waals surface area contributed by atoms with Gasteiger partial charge in [0.15, 0.2) is 17.5 Å². The Labute approximate surface area is 159 Å². The van der Waals surface area contributed by atoms with Crippen molar-refractivity contribution in [2.75, 3.05) is 33.5 Å². The van der Waals surface area contributed by atoms with Crippen molar-refractivity contribution in [1.29, 1.82) is 0 Å². The Kier molecular flexibility index (Phi) is 5.48. The van der Waals surface area contributed by atoms with Gasteiger partial charge in [-0.3, -0.25) is 9.89 Å². The van der Waals surface area contributed by atoms with Crippen molar-refractivity contribution in [3.63, 3.8) is 0 Å². The van der Waals surface area contributed by atoms with Crippen molar-refractivity contribution in [1.82, 2.24) is 15.5 Å². The van der Waals surface area contributed by atoms with Gasteiger partial charge in [0.1, 0.15) is 5.76 Å². The lowest BCUT2D eigenvalue weighted by molar-refractivity contribution is 0.174. The van der Waals surface area contributed by atoms with E-state index < -0.39 is 0 Å². The predicted octanol–water partition coefficient (Wildman–Crippen LogP) is 2.51. The van der Waals surface area contributed by atoms with Crippen molar-refractivity contribution in [3.8, 4) is 11.5 Å². The minimum Gasteiger partial charge on any atom is -0.468 e. The van der Waals surface area contributed by atoms with E-state index in [2.05, 4.69) is 20.5 Å². The lowest BCUT2D eigenvalue weighted by Gasteiger charge is -2.26. The third-order valence-electron chi connectivity index (χ3n) is 5.04. The summed E-state index contributed by atoms with van der Waals surface area (Å²) in [7, 11) is 1.78. The highest BCUT2D eigenvalue weighted by molar-refractivity contribution is 5.79. The van der Waals surface area contributed by atoms with E-state index in [-0.39, 0.29) is 6.04 Å². The number of aliphatic imine (C=N–C) groups is 1. The molecule has 0 bridgehead atoms. The fourth-order valence-corrected chi connectivity index (χ4v) is 3.59. The molecule has 2 aliphatic heterocycles. The Bertz CT molecular complexity index is 770. The van der Waals surface area contributed by atoms with Gasteiger partial charge in [-0.05, 0) is 55.8 Å². The zero-order valence-electron chi connectivity index (χ0n) is 15.6. The maximum atomic E-state index is 5.68. The molecule has 0 spiro atoms. The van der Waals surface area contributed by atoms with Gasteiger partial charge in [-0.1, -0.05) is 6.07 Å². The number of hydrogen-bond acceptors (Lipinski definition) is 5. The van der Waals surface area contributed by atoms with Crippen LogP contribution in [0, 0.1) is 0 Å². The lowest BCUT2D eigenvalue weighted by Crippen LogP contribution is -2.42. The Balaban J connectivity index is 1.34. The molecule has 0 saturated carbocycles. The van der Waals surface area contributed by atoms with Crippen molar-refractivity contribution >= 4 is 5.96 Å². The number of guanidine groups is 1. The Morgan fingerprint density at radius 2 is 2.00 bits per heavy atom. The second-order valence-electron chi connectivity index (χ2n) is 6.77. The summed E-state index contributed by atoms with van der Waals surface area (Å²) in [5.74, 6) is 3.36. The molecule has 7 heteroatoms. The fourth-order valence-electron chi connectivity index (χ4n) is 3.59. The molecule has 0 amide bonds. The number of benzene rings is 1. The van der Waals surface area contributed by atoms with Crippen LogP contribution in [0.25, 0.3) is 0 Å². The molecule has 1 atom stereocenters. The first-order valence-corrected chi connectivity index (χ1v) is 9.44. The first-order chi connectivity index (χ1) is 13.3. The van der Waals surface area contributed by atoms with E-state index >= 15 is 0 Å². The predicted molar refractivity (Wildman–Crippen MR) is 103 cm³/mol. The van der Waals surface area contributed by atoms with E-state index in [9.17, 15) is 0 Å². The molecule has 0 aliphatic carbocycles. The summed E-state index contributed by atoms with van der Waals surface area (Å²) in [6.45, 7) is 3.91. The van der Waals surface area contributed by atoms with Crippen molar-refractivity contribution in [2.24, 2.45) is 4.99 Å². The lowest BCUT2D eigenvalue weighted by atomic mass is 10.2. The summed E-state index contributed by atoms with van der Waals surface area (Å²) in [5.41, 5.74) is 1.12. The number of fused-ring (bicyclic) bond motifs is 1. The summed E-state index contributed by atoms with van der Waals surface area (Å²) < 4.78 is 16.5. The van der Waals surface area contributed by atoms with Crippen LogP contribution in [0.1, 0.15) is 30.2 Å². The zero-order chi connectivity index (χ0) is 18.5. The molecule has 1 aromatic carbocycles. The Morgan fingerprint density at radius 3 is 2.78 bits per heavy atom. The Morgan fingerprint density at radius 1 is 1.15 bits per heavy atom. The highest BCUT2D eigenvalue weighted by atomic mass is 16.7. The van der Waals surface area contributed by atoms with Crippen molar-refractivity contribution < 1.29 is 13.9 Å². The summed E-state index contributed by atoms with van der Waals surface area (Å²) in [5, 5.41) is 6.80. The number of nitrogens with one attached hydrogen (secondary N) is 2. The molecule has 3 heterocycles. The quantitative estimate of drug-likeness (QED) is 0.601. The van der Waals surface area contributed by atoms with E-state index in [1.54, 1.807) is 13.3 Å². The van der Waals surface area contributed by atoms with Crippen LogP contribution in [0.3, 0.4) is 0 Å². The van der Waals surface area contributed by atoms with Crippen LogP contribution in [-0.2, 0) is 6.54 Å². The monoisotopic (exact) mass is 370 g/mol. The number of rotatable bonds is 6. The molecule has 1 fully saturated rings. The topological polar surface area (TPSA) is 71.3 Å². The minimum atomic E-state index is 0.214. The molecule has 0 radical (unpaired) electrons. The zero-order valence-corrected chi connectivity index (χ0v) is 15.6. The number of ether oxygens (including phenoxy) is 2. The largest absolute Gasteiger partial charge is 0.468 e. The highest BCUT2D eigenvalue weighted by Gasteiger charge is 2.25. The summed E-state index contributed by atoms with van der Waals surface area (Å²) >= 11 is 0. The standard InChI is InChI=1S/C20H26N4O3/c1-21-20(22-12-15-6-7-18-19(11-15)27-14-26-18)23-13-16(17-5-4-10-25-17)24-8-2-3-9-24/h4-7,10-11,16H,2-3,8-9,12-14H2,1H3,(H2,21,22,23). The van der Waals surface area contributed by atoms with Gasteiger partial charge >= 0.3 is 0 Å². The third-order valence-corrected chi connectivity index (χ3v) is 5.04. The smallest absolute Gasteiger partial charge is 0.231 e. The molecule has 27 heavy (non-hydrogen) atoms. The third kappa shape index (κ3) is 4.19. The molecule has 2 aromatic rings. The maximum absolute atomic E-state index is 5.68. The maximum Gasteiger partial charge on any atom is 0.231 e. The van der Waals surface area contributed by atoms with Gasteiger partial charge < -0.3 is 24.5 Å². The van der Waals surface area contributed by atoms with Crippen LogP contribution < -0.4 is 20.1 Å². The highest BCUT2D eigenvalue weighted by Crippen LogP contribution is 2.32. The molecule has 1 aromatic heterocycles. The molecule has 2 N–H and O–H groups in total. The molecular formula is C20H26N4O3. The second kappa shape index (κ2) is 8.35. The number of likely N-dealkylation sites (tertiary alicyclic amines) is 1. The average molecular weight is 370 g/mol. The van der Waals surface area contributed by atoms with Gasteiger partial charge in [0.05, 0.1) is 12.3 Å². The van der Waals surface area contributed by atoms with Crippen LogP contribution >= 0.6 is 0 Å². The van der Waals surface area contributed by atoms with Gasteiger partial charge in [0, 0.05) is 20.1 Å². The SMILES string of the molecule is CN=C(NCc1ccc2c(c1)OCO2)NCC(c1ccco1)N1CCCC1. The summed E-state index contributed by atoms with van der Waals surface area (Å²) in [6, 6.07) is 10.2. The van der Waals surface area contributed by atoms with Gasteiger partial charge in [-0.2, -0.15) is 0 Å². The molecule has 144 valence electrons. The van der Waals surface area contributed by atoms with E-state index in [1.165, 1.54) is 12.8 Å². The van der Waals surface area contributed by atoms with Crippen molar-refractivity contribution in [2.45, 2.75) is 25.4 Å². The van der Waals surface area contributed by atoms with Crippen LogP contribution in [0.2, 0.25) is 0 Å². The first kappa shape index (κ1) is 17.7. The van der Waals surface area contributed by atoms with E-state index in [4.69, 9.17) is 13.9 Å². The normalized spacial score (nSPS) is 17.9. The molecule has 2 aliphatic rings. The van der Waals surface area contributed by atoms with Crippen LogP contribution in [-0.4, -0.2) is 44.3 Å². The van der Waals surface area contributed by atoms with E-state index in [0.29, 0.717) is 13.3 Å². The number of hydrogen-bond donors (Lipinski definition) is 2. The van der Waals surface area contributed by atoms with Gasteiger partial charge in [-0.25, -0.2) is 0 Å². The van der Waals surface area contributed by atoms with Crippen LogP contribution in [0.4, 0.5) is 0 Å². The minimum absolute atomic E-state index is 0.214. The summed E-state index contributed by atoms with van der Waals surface area (Å²) in [6.07, 6.45) is 4.23. The molecule has 1 unspecified atom stereocenters. The molecule has 1 saturated heterocycles. The van der Waals surface area contributed by atoms with Gasteiger partial charge in [-0.15, -0.1) is 0 Å². The molecule has 7 nitrogen and oxygen atoms in total. The van der Waals surface area contributed by atoms with Gasteiger partial charge in [0.2, 0.25) is 6.79 Å². The van der Waals surface area contributed by atoms with Crippen molar-refractivity contribution in [3.05, 3.63) is 47.9 Å². The van der Waals surface area contributed by atoms with Gasteiger partial charge in [0.25, 0.3) is 0 Å². The summed E-state index contributed by atoms with van der Waals surface area (Å²) in [4.78, 5) is 6.81.